The summed E-state index contributed by atoms with van der Waals surface area (Å²) in [4.78, 5) is 23.9. The summed E-state index contributed by atoms with van der Waals surface area (Å²) in [6.45, 7) is 4.51. The number of hydrogen-bond acceptors (Lipinski definition) is 5. The number of ether oxygens (including phenoxy) is 1. The van der Waals surface area contributed by atoms with Crippen LogP contribution in [0.4, 0.5) is 0 Å². The van der Waals surface area contributed by atoms with E-state index in [2.05, 4.69) is 16.8 Å². The van der Waals surface area contributed by atoms with Gasteiger partial charge in [0.25, 0.3) is 5.56 Å². The number of hydrogen-bond donors (Lipinski definition) is 3. The van der Waals surface area contributed by atoms with Crippen LogP contribution in [0.3, 0.4) is 0 Å². The Morgan fingerprint density at radius 3 is 2.68 bits per heavy atom. The summed E-state index contributed by atoms with van der Waals surface area (Å²) in [5, 5.41) is 20.1. The zero-order valence-electron chi connectivity index (χ0n) is 12.3. The standard InChI is InChI=1S/C14H17ClN2O5/c1-4-5-14(15)11(20)10(8(3)18)22-12(14)17-7(2)6-9(19)16-13(17)21/h6,8,10-12,18,20H,1-3H3,(H,16,19,21)/t8-,10+,11?,12+,14+/m0/s1. The van der Waals surface area contributed by atoms with E-state index in [0.29, 0.717) is 5.69 Å². The number of aromatic amines is 1. The summed E-state index contributed by atoms with van der Waals surface area (Å²) in [5.74, 6) is 5.25. The first-order valence-electron chi connectivity index (χ1n) is 6.69. The van der Waals surface area contributed by atoms with Crippen LogP contribution in [0.15, 0.2) is 15.7 Å². The molecule has 2 rings (SSSR count). The Balaban J connectivity index is 2.64. The van der Waals surface area contributed by atoms with Gasteiger partial charge in [0.15, 0.2) is 11.1 Å². The lowest BCUT2D eigenvalue weighted by molar-refractivity contribution is -0.0778. The second kappa shape index (κ2) is 5.89. The molecule has 1 unspecified atom stereocenters. The molecule has 0 spiro atoms. The van der Waals surface area contributed by atoms with Crippen LogP contribution >= 0.6 is 11.6 Å². The second-order valence-corrected chi connectivity index (χ2v) is 5.86. The Bertz CT molecular complexity index is 744. The van der Waals surface area contributed by atoms with Crippen LogP contribution in [0.25, 0.3) is 0 Å². The first kappa shape index (κ1) is 16.8. The Labute approximate surface area is 131 Å². The number of aryl methyl sites for hydroxylation is 1. The molecule has 1 saturated heterocycles. The van der Waals surface area contributed by atoms with Crippen molar-refractivity contribution in [3.8, 4) is 11.8 Å². The fraction of sp³-hybridized carbons (Fsp3) is 0.571. The van der Waals surface area contributed by atoms with Crippen LogP contribution in [0.1, 0.15) is 25.8 Å². The van der Waals surface area contributed by atoms with E-state index in [1.807, 2.05) is 0 Å². The summed E-state index contributed by atoms with van der Waals surface area (Å²) < 4.78 is 6.71. The van der Waals surface area contributed by atoms with Crippen LogP contribution < -0.4 is 11.2 Å². The number of H-pyrrole nitrogens is 1. The third-order valence-electron chi connectivity index (χ3n) is 3.58. The Kier molecular flexibility index (Phi) is 4.49. The molecular formula is C14H17ClN2O5. The Morgan fingerprint density at radius 1 is 1.55 bits per heavy atom. The molecule has 8 heteroatoms. The number of halogens is 1. The van der Waals surface area contributed by atoms with Gasteiger partial charge in [0.05, 0.1) is 6.10 Å². The fourth-order valence-electron chi connectivity index (χ4n) is 2.57. The lowest BCUT2D eigenvalue weighted by Crippen LogP contribution is -2.45. The first-order valence-corrected chi connectivity index (χ1v) is 7.07. The van der Waals surface area contributed by atoms with Crippen LogP contribution in [0.2, 0.25) is 0 Å². The summed E-state index contributed by atoms with van der Waals surface area (Å²) in [6, 6.07) is 1.21. The van der Waals surface area contributed by atoms with Gasteiger partial charge >= 0.3 is 5.69 Å². The molecule has 5 atom stereocenters. The molecule has 1 aliphatic heterocycles. The molecule has 1 fully saturated rings. The van der Waals surface area contributed by atoms with Crippen LogP contribution in [0.5, 0.6) is 0 Å². The minimum Gasteiger partial charge on any atom is -0.391 e. The largest absolute Gasteiger partial charge is 0.391 e. The topological polar surface area (TPSA) is 105 Å². The highest BCUT2D eigenvalue weighted by molar-refractivity contribution is 6.27. The zero-order valence-corrected chi connectivity index (χ0v) is 13.1. The quantitative estimate of drug-likeness (QED) is 0.501. The van der Waals surface area contributed by atoms with E-state index in [9.17, 15) is 19.8 Å². The smallest absolute Gasteiger partial charge is 0.330 e. The molecule has 1 aliphatic rings. The van der Waals surface area contributed by atoms with Crippen molar-refractivity contribution in [3.05, 3.63) is 32.6 Å². The van der Waals surface area contributed by atoms with Crippen molar-refractivity contribution in [3.63, 3.8) is 0 Å². The van der Waals surface area contributed by atoms with Gasteiger partial charge in [-0.2, -0.15) is 0 Å². The zero-order chi connectivity index (χ0) is 16.7. The van der Waals surface area contributed by atoms with E-state index in [1.54, 1.807) is 6.92 Å². The molecule has 3 N–H and O–H groups in total. The lowest BCUT2D eigenvalue weighted by Gasteiger charge is -2.26. The summed E-state index contributed by atoms with van der Waals surface area (Å²) in [7, 11) is 0. The van der Waals surface area contributed by atoms with E-state index in [-0.39, 0.29) is 0 Å². The van der Waals surface area contributed by atoms with Gasteiger partial charge in [-0.25, -0.2) is 4.79 Å². The van der Waals surface area contributed by atoms with Gasteiger partial charge in [0, 0.05) is 11.8 Å². The highest BCUT2D eigenvalue weighted by Crippen LogP contribution is 2.43. The van der Waals surface area contributed by atoms with Gasteiger partial charge in [0.2, 0.25) is 0 Å². The summed E-state index contributed by atoms with van der Waals surface area (Å²) in [5.41, 5.74) is -0.970. The van der Waals surface area contributed by atoms with Gasteiger partial charge < -0.3 is 14.9 Å². The van der Waals surface area contributed by atoms with Crippen LogP contribution in [-0.2, 0) is 4.74 Å². The van der Waals surface area contributed by atoms with Gasteiger partial charge in [-0.05, 0) is 20.8 Å². The van der Waals surface area contributed by atoms with Crippen molar-refractivity contribution < 1.29 is 14.9 Å². The van der Waals surface area contributed by atoms with Crippen molar-refractivity contribution in [2.24, 2.45) is 0 Å². The predicted molar refractivity (Wildman–Crippen MR) is 79.7 cm³/mol. The van der Waals surface area contributed by atoms with Crippen LogP contribution in [-0.4, -0.2) is 43.0 Å². The average Bonchev–Trinajstić information content (AvgIpc) is 2.63. The molecule has 120 valence electrons. The highest BCUT2D eigenvalue weighted by Gasteiger charge is 2.57. The maximum Gasteiger partial charge on any atom is 0.330 e. The van der Waals surface area contributed by atoms with E-state index in [0.717, 1.165) is 4.57 Å². The predicted octanol–water partition coefficient (Wildman–Crippen LogP) is -0.515. The molecule has 0 amide bonds. The molecule has 22 heavy (non-hydrogen) atoms. The molecule has 0 bridgehead atoms. The monoisotopic (exact) mass is 328 g/mol. The highest BCUT2D eigenvalue weighted by atomic mass is 35.5. The Hall–Kier alpha value is -1.59. The number of aliphatic hydroxyl groups excluding tert-OH is 2. The van der Waals surface area contributed by atoms with Gasteiger partial charge in [0.1, 0.15) is 12.2 Å². The molecule has 0 saturated carbocycles. The van der Waals surface area contributed by atoms with Gasteiger partial charge in [-0.15, -0.1) is 5.92 Å². The lowest BCUT2D eigenvalue weighted by atomic mass is 9.96. The van der Waals surface area contributed by atoms with Crippen molar-refractivity contribution in [1.29, 1.82) is 0 Å². The molecule has 0 aromatic carbocycles. The molecule has 1 aromatic rings. The first-order chi connectivity index (χ1) is 10.2. The number of nitrogens with zero attached hydrogens (tertiary/aromatic N) is 1. The number of alkyl halides is 1. The van der Waals surface area contributed by atoms with Crippen molar-refractivity contribution in [2.75, 3.05) is 0 Å². The van der Waals surface area contributed by atoms with E-state index in [1.165, 1.54) is 19.9 Å². The molecular weight excluding hydrogens is 312 g/mol. The second-order valence-electron chi connectivity index (χ2n) is 5.23. The minimum absolute atomic E-state index is 0.306. The molecule has 0 radical (unpaired) electrons. The third kappa shape index (κ3) is 2.59. The molecule has 2 heterocycles. The van der Waals surface area contributed by atoms with Crippen molar-refractivity contribution in [2.45, 2.75) is 50.2 Å². The van der Waals surface area contributed by atoms with E-state index < -0.39 is 40.7 Å². The fourth-order valence-corrected chi connectivity index (χ4v) is 2.94. The number of nitrogens with one attached hydrogen (secondary N) is 1. The normalized spacial score (nSPS) is 32.4. The van der Waals surface area contributed by atoms with Gasteiger partial charge in [-0.1, -0.05) is 17.5 Å². The van der Waals surface area contributed by atoms with Crippen LogP contribution in [0, 0.1) is 18.8 Å². The minimum atomic E-state index is -1.62. The van der Waals surface area contributed by atoms with E-state index >= 15 is 0 Å². The van der Waals surface area contributed by atoms with E-state index in [4.69, 9.17) is 16.3 Å². The molecule has 0 aliphatic carbocycles. The SMILES string of the molecule is CC#C[C@@]1(Cl)C(O)[C@@H]([C@H](C)O)O[C@H]1n1c(C)cc(=O)[nH]c1=O. The maximum atomic E-state index is 12.1. The van der Waals surface area contributed by atoms with Crippen molar-refractivity contribution >= 4 is 11.6 Å². The molecule has 7 nitrogen and oxygen atoms in total. The maximum absolute atomic E-state index is 12.1. The summed E-state index contributed by atoms with van der Waals surface area (Å²) in [6.07, 6.45) is -4.50. The number of rotatable bonds is 2. The van der Waals surface area contributed by atoms with Crippen molar-refractivity contribution in [1.82, 2.24) is 9.55 Å². The third-order valence-corrected chi connectivity index (χ3v) is 4.09. The Morgan fingerprint density at radius 2 is 2.18 bits per heavy atom. The average molecular weight is 329 g/mol. The number of aromatic nitrogens is 2. The number of aliphatic hydroxyl groups is 2. The molecule has 1 aromatic heterocycles. The summed E-state index contributed by atoms with van der Waals surface area (Å²) >= 11 is 6.43. The van der Waals surface area contributed by atoms with Gasteiger partial charge in [-0.3, -0.25) is 14.3 Å².